The van der Waals surface area contributed by atoms with E-state index in [1.165, 1.54) is 7.11 Å². The molecular weight excluding hydrogens is 189 g/mol. The van der Waals surface area contributed by atoms with Gasteiger partial charge in [0.1, 0.15) is 0 Å². The maximum atomic E-state index is 11.9. The first-order valence-corrected chi connectivity index (χ1v) is 6.53. The number of nitrogens with zero attached hydrogens (tertiary/aromatic N) is 1. The molecule has 2 atom stereocenters. The molecule has 0 spiro atoms. The molecule has 0 saturated carbocycles. The quantitative estimate of drug-likeness (QED) is 0.656. The molecule has 0 radical (unpaired) electrons. The lowest BCUT2D eigenvalue weighted by Crippen LogP contribution is -2.30. The minimum Gasteiger partial charge on any atom is -0.383 e. The minimum absolute atomic E-state index is 0.265. The first kappa shape index (κ1) is 11.2. The van der Waals surface area contributed by atoms with Crippen LogP contribution in [0.4, 0.5) is 0 Å². The van der Waals surface area contributed by atoms with Crippen LogP contribution in [0.3, 0.4) is 0 Å². The number of hydrogen-bond donors (Lipinski definition) is 0. The van der Waals surface area contributed by atoms with Gasteiger partial charge < -0.3 is 9.26 Å². The van der Waals surface area contributed by atoms with E-state index >= 15 is 0 Å². The lowest BCUT2D eigenvalue weighted by Gasteiger charge is -2.28. The average Bonchev–Trinajstić information content (AvgIpc) is 2.54. The molecule has 1 aliphatic heterocycles. The van der Waals surface area contributed by atoms with Crippen molar-refractivity contribution in [1.29, 1.82) is 0 Å². The van der Waals surface area contributed by atoms with Gasteiger partial charge in [-0.25, -0.2) is 4.67 Å². The topological polar surface area (TPSA) is 38.8 Å². The largest absolute Gasteiger partial charge is 0.383 e. The predicted octanol–water partition coefficient (Wildman–Crippen LogP) is 1.57. The summed E-state index contributed by atoms with van der Waals surface area (Å²) in [7, 11) is 0.620. The highest BCUT2D eigenvalue weighted by Crippen LogP contribution is 2.50. The van der Waals surface area contributed by atoms with E-state index in [1.807, 2.05) is 4.67 Å². The van der Waals surface area contributed by atoms with Gasteiger partial charge in [-0.15, -0.1) is 0 Å². The summed E-state index contributed by atoms with van der Waals surface area (Å²) in [5.74, 6) is 0. The normalized spacial score (nSPS) is 29.0. The van der Waals surface area contributed by atoms with Gasteiger partial charge in [0, 0.05) is 33.5 Å². The van der Waals surface area contributed by atoms with Gasteiger partial charge in [-0.2, -0.15) is 0 Å². The van der Waals surface area contributed by atoms with Crippen LogP contribution in [0.25, 0.3) is 0 Å². The van der Waals surface area contributed by atoms with E-state index < -0.39 is 7.52 Å². The van der Waals surface area contributed by atoms with E-state index in [1.54, 1.807) is 13.8 Å². The summed E-state index contributed by atoms with van der Waals surface area (Å²) in [6.45, 7) is 3.16. The Bertz CT molecular complexity index is 210. The molecule has 0 N–H and O–H groups in total. The third-order valence-corrected chi connectivity index (χ3v) is 4.65. The fourth-order valence-corrected chi connectivity index (χ4v) is 3.26. The lowest BCUT2D eigenvalue weighted by molar-refractivity contribution is 0.142. The van der Waals surface area contributed by atoms with Crippen molar-refractivity contribution >= 4 is 7.52 Å². The molecule has 13 heavy (non-hydrogen) atoms. The van der Waals surface area contributed by atoms with Crippen molar-refractivity contribution in [2.75, 3.05) is 34.0 Å². The third-order valence-electron chi connectivity index (χ3n) is 2.51. The Morgan fingerprint density at radius 1 is 1.54 bits per heavy atom. The van der Waals surface area contributed by atoms with Crippen LogP contribution in [-0.2, 0) is 13.8 Å². The molecule has 5 heteroatoms. The van der Waals surface area contributed by atoms with Crippen molar-refractivity contribution in [2.24, 2.45) is 0 Å². The first-order valence-electron chi connectivity index (χ1n) is 4.51. The highest BCUT2D eigenvalue weighted by Gasteiger charge is 2.35. The number of hydrogen-bond acceptors (Lipinski definition) is 3. The zero-order valence-corrected chi connectivity index (χ0v) is 9.42. The molecule has 4 nitrogen and oxygen atoms in total. The molecule has 1 saturated heterocycles. The second-order valence-electron chi connectivity index (χ2n) is 3.40. The fraction of sp³-hybridized carbons (Fsp3) is 1.00. The van der Waals surface area contributed by atoms with Crippen molar-refractivity contribution in [3.63, 3.8) is 0 Å². The molecule has 1 aliphatic rings. The molecule has 0 aliphatic carbocycles. The van der Waals surface area contributed by atoms with Gasteiger partial charge in [0.25, 0.3) is 7.52 Å². The minimum atomic E-state index is -2.55. The molecule has 1 unspecified atom stereocenters. The molecule has 0 aromatic carbocycles. The molecular formula is C8H18NO3P. The molecule has 78 valence electrons. The van der Waals surface area contributed by atoms with E-state index in [4.69, 9.17) is 9.26 Å². The number of ether oxygens (including phenoxy) is 1. The predicted molar refractivity (Wildman–Crippen MR) is 52.1 cm³/mol. The van der Waals surface area contributed by atoms with Crippen LogP contribution < -0.4 is 0 Å². The maximum Gasteiger partial charge on any atom is 0.269 e. The molecule has 0 bridgehead atoms. The van der Waals surface area contributed by atoms with Crippen molar-refractivity contribution in [1.82, 2.24) is 4.67 Å². The van der Waals surface area contributed by atoms with Crippen LogP contribution in [0.5, 0.6) is 0 Å². The summed E-state index contributed by atoms with van der Waals surface area (Å²) in [6.07, 6.45) is 2.13. The Balaban J connectivity index is 2.62. The zero-order valence-electron chi connectivity index (χ0n) is 8.52. The third kappa shape index (κ3) is 2.53. The van der Waals surface area contributed by atoms with Gasteiger partial charge in [0.15, 0.2) is 0 Å². The Labute approximate surface area is 79.7 Å². The summed E-state index contributed by atoms with van der Waals surface area (Å²) in [4.78, 5) is 0. The van der Waals surface area contributed by atoms with E-state index in [9.17, 15) is 4.57 Å². The average molecular weight is 207 g/mol. The Kier molecular flexibility index (Phi) is 3.92. The number of methoxy groups -OCH3 is 1. The molecule has 1 heterocycles. The fourth-order valence-electron chi connectivity index (χ4n) is 1.77. The van der Waals surface area contributed by atoms with Gasteiger partial charge in [0.05, 0.1) is 6.61 Å². The molecule has 1 fully saturated rings. The van der Waals surface area contributed by atoms with Gasteiger partial charge >= 0.3 is 0 Å². The SMILES string of the molecule is COC[C@@H]1CCCN1P(C)(=O)OC. The van der Waals surface area contributed by atoms with E-state index in [0.29, 0.717) is 6.61 Å². The Hall–Kier alpha value is 0.110. The van der Waals surface area contributed by atoms with Crippen LogP contribution in [0.2, 0.25) is 0 Å². The lowest BCUT2D eigenvalue weighted by atomic mass is 10.2. The standard InChI is InChI=1S/C8H18NO3P/c1-11-7-8-5-4-6-9(8)13(3,10)12-2/h8H,4-7H2,1-3H3/t8-,13?/m0/s1. The smallest absolute Gasteiger partial charge is 0.269 e. The van der Waals surface area contributed by atoms with Crippen LogP contribution >= 0.6 is 7.52 Å². The summed E-state index contributed by atoms with van der Waals surface area (Å²) in [5, 5.41) is 0. The summed E-state index contributed by atoms with van der Waals surface area (Å²) >= 11 is 0. The number of rotatable bonds is 4. The van der Waals surface area contributed by atoms with E-state index in [-0.39, 0.29) is 6.04 Å². The molecule has 0 amide bonds. The highest BCUT2D eigenvalue weighted by atomic mass is 31.2. The van der Waals surface area contributed by atoms with Crippen LogP contribution in [0, 0.1) is 0 Å². The molecule has 1 rings (SSSR count). The monoisotopic (exact) mass is 207 g/mol. The van der Waals surface area contributed by atoms with Gasteiger partial charge in [-0.3, -0.25) is 4.57 Å². The summed E-state index contributed by atoms with van der Waals surface area (Å²) in [5.41, 5.74) is 0. The van der Waals surface area contributed by atoms with Crippen molar-refractivity contribution < 1.29 is 13.8 Å². The van der Waals surface area contributed by atoms with Gasteiger partial charge in [-0.1, -0.05) is 0 Å². The van der Waals surface area contributed by atoms with Gasteiger partial charge in [-0.05, 0) is 12.8 Å². The summed E-state index contributed by atoms with van der Waals surface area (Å²) in [6, 6.07) is 0.265. The second-order valence-corrected chi connectivity index (χ2v) is 5.88. The second kappa shape index (κ2) is 4.56. The van der Waals surface area contributed by atoms with Crippen LogP contribution in [0.15, 0.2) is 0 Å². The van der Waals surface area contributed by atoms with Gasteiger partial charge in [0.2, 0.25) is 0 Å². The summed E-state index contributed by atoms with van der Waals surface area (Å²) < 4.78 is 24.0. The van der Waals surface area contributed by atoms with Crippen LogP contribution in [0.1, 0.15) is 12.8 Å². The van der Waals surface area contributed by atoms with Crippen molar-refractivity contribution in [3.8, 4) is 0 Å². The van der Waals surface area contributed by atoms with E-state index in [0.717, 1.165) is 19.4 Å². The maximum absolute atomic E-state index is 11.9. The zero-order chi connectivity index (χ0) is 9.90. The first-order chi connectivity index (χ1) is 6.11. The van der Waals surface area contributed by atoms with E-state index in [2.05, 4.69) is 0 Å². The van der Waals surface area contributed by atoms with Crippen LogP contribution in [-0.4, -0.2) is 44.7 Å². The Morgan fingerprint density at radius 2 is 2.23 bits per heavy atom. The Morgan fingerprint density at radius 3 is 2.77 bits per heavy atom. The van der Waals surface area contributed by atoms with Crippen molar-refractivity contribution in [3.05, 3.63) is 0 Å². The molecule has 0 aromatic rings. The highest BCUT2D eigenvalue weighted by molar-refractivity contribution is 7.55. The molecule has 0 aromatic heterocycles. The van der Waals surface area contributed by atoms with Crippen molar-refractivity contribution in [2.45, 2.75) is 18.9 Å².